The highest BCUT2D eigenvalue weighted by atomic mass is 16.2. The highest BCUT2D eigenvalue weighted by Crippen LogP contribution is 2.23. The summed E-state index contributed by atoms with van der Waals surface area (Å²) in [6.45, 7) is 3.41. The van der Waals surface area contributed by atoms with Crippen molar-refractivity contribution >= 4 is 17.6 Å². The molecule has 2 aliphatic heterocycles. The third-order valence-corrected chi connectivity index (χ3v) is 5.31. The van der Waals surface area contributed by atoms with Crippen LogP contribution in [-0.2, 0) is 4.79 Å². The molecule has 136 valence electrons. The Labute approximate surface area is 150 Å². The molecule has 1 atom stereocenters. The second kappa shape index (κ2) is 8.88. The lowest BCUT2D eigenvalue weighted by Gasteiger charge is -2.33. The second-order valence-electron chi connectivity index (χ2n) is 7.23. The van der Waals surface area contributed by atoms with E-state index in [1.54, 1.807) is 0 Å². The van der Waals surface area contributed by atoms with Gasteiger partial charge < -0.3 is 15.1 Å². The molecule has 0 radical (unpaired) electrons. The summed E-state index contributed by atoms with van der Waals surface area (Å²) in [5, 5.41) is 2.96. The van der Waals surface area contributed by atoms with E-state index in [0.29, 0.717) is 18.2 Å². The van der Waals surface area contributed by atoms with Gasteiger partial charge in [0.1, 0.15) is 0 Å². The molecule has 5 nitrogen and oxygen atoms in total. The molecule has 2 fully saturated rings. The molecule has 25 heavy (non-hydrogen) atoms. The fourth-order valence-corrected chi connectivity index (χ4v) is 3.84. The molecule has 2 saturated heterocycles. The first-order chi connectivity index (χ1) is 12.2. The maximum absolute atomic E-state index is 12.4. The third kappa shape index (κ3) is 5.21. The predicted octanol–water partition coefficient (Wildman–Crippen LogP) is 3.72. The van der Waals surface area contributed by atoms with Crippen molar-refractivity contribution in [1.29, 1.82) is 0 Å². The standard InChI is InChI=1S/C20H29N3O2/c24-19(22-13-5-2-6-14-22)12-11-17-8-7-15-23(16-17)20(25)21-18-9-3-1-4-10-18/h1,3-4,9-10,17H,2,5-8,11-16H2,(H,21,25)/t17-/m1/s1. The third-order valence-electron chi connectivity index (χ3n) is 5.31. The van der Waals surface area contributed by atoms with Crippen LogP contribution in [-0.4, -0.2) is 47.9 Å². The van der Waals surface area contributed by atoms with Crippen LogP contribution in [0, 0.1) is 5.92 Å². The van der Waals surface area contributed by atoms with Gasteiger partial charge in [-0.15, -0.1) is 0 Å². The minimum absolute atomic E-state index is 0.0294. The summed E-state index contributed by atoms with van der Waals surface area (Å²) >= 11 is 0. The predicted molar refractivity (Wildman–Crippen MR) is 99.4 cm³/mol. The molecular formula is C20H29N3O2. The van der Waals surface area contributed by atoms with E-state index in [0.717, 1.165) is 64.0 Å². The van der Waals surface area contributed by atoms with Gasteiger partial charge in [-0.2, -0.15) is 0 Å². The number of benzene rings is 1. The first-order valence-electron chi connectivity index (χ1n) is 9.61. The van der Waals surface area contributed by atoms with Crippen LogP contribution in [0.15, 0.2) is 30.3 Å². The average molecular weight is 343 g/mol. The SMILES string of the molecule is O=C(CC[C@H]1CCCN(C(=O)Nc2ccccc2)C1)N1CCCCC1. The van der Waals surface area contributed by atoms with Gasteiger partial charge in [-0.3, -0.25) is 4.79 Å². The van der Waals surface area contributed by atoms with Crippen molar-refractivity contribution in [2.75, 3.05) is 31.5 Å². The van der Waals surface area contributed by atoms with E-state index in [1.165, 1.54) is 6.42 Å². The van der Waals surface area contributed by atoms with Gasteiger partial charge in [-0.1, -0.05) is 18.2 Å². The van der Waals surface area contributed by atoms with Crippen molar-refractivity contribution in [2.24, 2.45) is 5.92 Å². The molecule has 2 heterocycles. The molecule has 5 heteroatoms. The van der Waals surface area contributed by atoms with Crippen molar-refractivity contribution in [3.8, 4) is 0 Å². The number of rotatable bonds is 4. The quantitative estimate of drug-likeness (QED) is 0.906. The largest absolute Gasteiger partial charge is 0.343 e. The van der Waals surface area contributed by atoms with Gasteiger partial charge in [-0.25, -0.2) is 4.79 Å². The van der Waals surface area contributed by atoms with Gasteiger partial charge in [-0.05, 0) is 56.6 Å². The number of anilines is 1. The second-order valence-corrected chi connectivity index (χ2v) is 7.23. The number of para-hydroxylation sites is 1. The van der Waals surface area contributed by atoms with E-state index in [9.17, 15) is 9.59 Å². The Morgan fingerprint density at radius 2 is 1.68 bits per heavy atom. The Bertz CT molecular complexity index is 570. The number of nitrogens with zero attached hydrogens (tertiary/aromatic N) is 2. The van der Waals surface area contributed by atoms with Crippen LogP contribution in [0.25, 0.3) is 0 Å². The maximum Gasteiger partial charge on any atom is 0.321 e. The van der Waals surface area contributed by atoms with E-state index in [4.69, 9.17) is 0 Å². The van der Waals surface area contributed by atoms with Crippen LogP contribution < -0.4 is 5.32 Å². The zero-order chi connectivity index (χ0) is 17.5. The first kappa shape index (κ1) is 17.8. The van der Waals surface area contributed by atoms with Gasteiger partial charge in [0.2, 0.25) is 5.91 Å². The number of piperidine rings is 2. The summed E-state index contributed by atoms with van der Waals surface area (Å²) < 4.78 is 0. The van der Waals surface area contributed by atoms with E-state index >= 15 is 0 Å². The molecule has 0 bridgehead atoms. The smallest absolute Gasteiger partial charge is 0.321 e. The lowest BCUT2D eigenvalue weighted by molar-refractivity contribution is -0.132. The molecule has 3 rings (SSSR count). The monoisotopic (exact) mass is 343 g/mol. The van der Waals surface area contributed by atoms with Gasteiger partial charge in [0.05, 0.1) is 0 Å². The van der Waals surface area contributed by atoms with Crippen molar-refractivity contribution in [3.63, 3.8) is 0 Å². The molecule has 1 aromatic carbocycles. The Hall–Kier alpha value is -2.04. The number of carbonyl (C=O) groups excluding carboxylic acids is 2. The van der Waals surface area contributed by atoms with Crippen LogP contribution in [0.1, 0.15) is 44.9 Å². The summed E-state index contributed by atoms with van der Waals surface area (Å²) in [5.41, 5.74) is 0.829. The molecular weight excluding hydrogens is 314 g/mol. The van der Waals surface area contributed by atoms with E-state index in [-0.39, 0.29) is 6.03 Å². The molecule has 0 aliphatic carbocycles. The molecule has 1 N–H and O–H groups in total. The molecule has 0 unspecified atom stereocenters. The topological polar surface area (TPSA) is 52.7 Å². The Kier molecular flexibility index (Phi) is 6.31. The minimum atomic E-state index is -0.0294. The van der Waals surface area contributed by atoms with Crippen LogP contribution in [0.2, 0.25) is 0 Å². The van der Waals surface area contributed by atoms with Crippen LogP contribution in [0.4, 0.5) is 10.5 Å². The zero-order valence-corrected chi connectivity index (χ0v) is 15.0. The fourth-order valence-electron chi connectivity index (χ4n) is 3.84. The number of carbonyl (C=O) groups is 2. The summed E-state index contributed by atoms with van der Waals surface area (Å²) in [5.74, 6) is 0.731. The van der Waals surface area contributed by atoms with Crippen LogP contribution in [0.3, 0.4) is 0 Å². The van der Waals surface area contributed by atoms with E-state index in [1.807, 2.05) is 40.1 Å². The van der Waals surface area contributed by atoms with Gasteiger partial charge in [0.25, 0.3) is 0 Å². The van der Waals surface area contributed by atoms with Crippen LogP contribution >= 0.6 is 0 Å². The van der Waals surface area contributed by atoms with E-state index < -0.39 is 0 Å². The van der Waals surface area contributed by atoms with Crippen molar-refractivity contribution in [2.45, 2.75) is 44.9 Å². The van der Waals surface area contributed by atoms with Crippen molar-refractivity contribution in [3.05, 3.63) is 30.3 Å². The number of likely N-dealkylation sites (tertiary alicyclic amines) is 2. The number of amides is 3. The Balaban J connectivity index is 1.44. The number of hydrogen-bond donors (Lipinski definition) is 1. The minimum Gasteiger partial charge on any atom is -0.343 e. The summed E-state index contributed by atoms with van der Waals surface area (Å²) in [6, 6.07) is 9.54. The molecule has 1 aromatic rings. The van der Waals surface area contributed by atoms with Gasteiger partial charge in [0, 0.05) is 38.3 Å². The number of urea groups is 1. The van der Waals surface area contributed by atoms with Crippen molar-refractivity contribution in [1.82, 2.24) is 9.80 Å². The normalized spacial score (nSPS) is 21.0. The van der Waals surface area contributed by atoms with Crippen molar-refractivity contribution < 1.29 is 9.59 Å². The number of nitrogens with one attached hydrogen (secondary N) is 1. The zero-order valence-electron chi connectivity index (χ0n) is 15.0. The molecule has 0 aromatic heterocycles. The van der Waals surface area contributed by atoms with Gasteiger partial charge in [0.15, 0.2) is 0 Å². The Morgan fingerprint density at radius 1 is 0.960 bits per heavy atom. The fraction of sp³-hybridized carbons (Fsp3) is 0.600. The maximum atomic E-state index is 12.4. The summed E-state index contributed by atoms with van der Waals surface area (Å²) in [7, 11) is 0. The summed E-state index contributed by atoms with van der Waals surface area (Å²) in [4.78, 5) is 28.7. The Morgan fingerprint density at radius 3 is 2.44 bits per heavy atom. The lowest BCUT2D eigenvalue weighted by atomic mass is 9.93. The summed E-state index contributed by atoms with van der Waals surface area (Å²) in [6.07, 6.45) is 7.18. The van der Waals surface area contributed by atoms with Gasteiger partial charge >= 0.3 is 6.03 Å². The molecule has 2 aliphatic rings. The van der Waals surface area contributed by atoms with Crippen LogP contribution in [0.5, 0.6) is 0 Å². The molecule has 3 amide bonds. The highest BCUT2D eigenvalue weighted by Gasteiger charge is 2.25. The lowest BCUT2D eigenvalue weighted by Crippen LogP contribution is -2.42. The molecule has 0 spiro atoms. The first-order valence-corrected chi connectivity index (χ1v) is 9.61. The highest BCUT2D eigenvalue weighted by molar-refractivity contribution is 5.89. The average Bonchev–Trinajstić information content (AvgIpc) is 2.68. The number of hydrogen-bond acceptors (Lipinski definition) is 2. The van der Waals surface area contributed by atoms with E-state index in [2.05, 4.69) is 5.32 Å². The molecule has 0 saturated carbocycles.